The second kappa shape index (κ2) is 4.40. The van der Waals surface area contributed by atoms with Crippen molar-refractivity contribution in [3.63, 3.8) is 0 Å². The van der Waals surface area contributed by atoms with Crippen LogP contribution in [0, 0.1) is 3.57 Å². The SMILES string of the molecule is Nc1cc2ccc(=O)n(-c3ccccc3I)c2s1. The molecule has 0 fully saturated rings. The molecule has 3 nitrogen and oxygen atoms in total. The van der Waals surface area contributed by atoms with E-state index in [4.69, 9.17) is 5.73 Å². The largest absolute Gasteiger partial charge is 0.391 e. The van der Waals surface area contributed by atoms with E-state index in [0.717, 1.165) is 24.5 Å². The number of fused-ring (bicyclic) bond motifs is 1. The summed E-state index contributed by atoms with van der Waals surface area (Å²) in [6, 6.07) is 13.1. The lowest BCUT2D eigenvalue weighted by atomic mass is 10.3. The van der Waals surface area contributed by atoms with Gasteiger partial charge in [0, 0.05) is 15.0 Å². The predicted molar refractivity (Wildman–Crippen MR) is 84.6 cm³/mol. The molecule has 0 aliphatic heterocycles. The molecule has 5 heteroatoms. The third kappa shape index (κ3) is 1.83. The van der Waals surface area contributed by atoms with Crippen LogP contribution < -0.4 is 11.3 Å². The van der Waals surface area contributed by atoms with Crippen LogP contribution in [-0.4, -0.2) is 4.57 Å². The summed E-state index contributed by atoms with van der Waals surface area (Å²) in [5, 5.41) is 1.71. The molecule has 0 bridgehead atoms. The number of hydrogen-bond acceptors (Lipinski definition) is 3. The summed E-state index contributed by atoms with van der Waals surface area (Å²) >= 11 is 3.67. The summed E-state index contributed by atoms with van der Waals surface area (Å²) in [5.41, 5.74) is 6.69. The highest BCUT2D eigenvalue weighted by Gasteiger charge is 2.10. The van der Waals surface area contributed by atoms with E-state index in [2.05, 4.69) is 22.6 Å². The Morgan fingerprint density at radius 1 is 1.17 bits per heavy atom. The molecule has 0 saturated heterocycles. The Bertz CT molecular complexity index is 791. The molecular weight excluding hydrogens is 359 g/mol. The zero-order valence-electron chi connectivity index (χ0n) is 9.26. The molecule has 0 unspecified atom stereocenters. The highest BCUT2D eigenvalue weighted by Crippen LogP contribution is 2.29. The average Bonchev–Trinajstić information content (AvgIpc) is 2.71. The molecule has 3 rings (SSSR count). The number of hydrogen-bond donors (Lipinski definition) is 1. The van der Waals surface area contributed by atoms with Gasteiger partial charge in [-0.3, -0.25) is 9.36 Å². The van der Waals surface area contributed by atoms with Gasteiger partial charge in [0.25, 0.3) is 5.56 Å². The minimum atomic E-state index is -0.0338. The fourth-order valence-corrected chi connectivity index (χ4v) is 3.47. The van der Waals surface area contributed by atoms with Crippen LogP contribution in [0.3, 0.4) is 0 Å². The predicted octanol–water partition coefficient (Wildman–Crippen LogP) is 3.24. The number of aromatic nitrogens is 1. The van der Waals surface area contributed by atoms with Crippen LogP contribution in [0.4, 0.5) is 5.00 Å². The van der Waals surface area contributed by atoms with E-state index in [0.29, 0.717) is 0 Å². The number of nitrogens with zero attached hydrogens (tertiary/aromatic N) is 1. The minimum absolute atomic E-state index is 0.0338. The normalized spacial score (nSPS) is 10.9. The fraction of sp³-hybridized carbons (Fsp3) is 0. The van der Waals surface area contributed by atoms with E-state index in [9.17, 15) is 4.79 Å². The minimum Gasteiger partial charge on any atom is -0.391 e. The number of para-hydroxylation sites is 1. The Labute approximate surface area is 121 Å². The Kier molecular flexibility index (Phi) is 2.87. The third-order valence-corrected chi connectivity index (χ3v) is 4.56. The summed E-state index contributed by atoms with van der Waals surface area (Å²) < 4.78 is 2.76. The van der Waals surface area contributed by atoms with Crippen LogP contribution >= 0.6 is 33.9 Å². The van der Waals surface area contributed by atoms with Crippen LogP contribution in [0.15, 0.2) is 47.3 Å². The fourth-order valence-electron chi connectivity index (χ4n) is 1.91. The Morgan fingerprint density at radius 2 is 1.94 bits per heavy atom. The molecule has 1 aromatic carbocycles. The van der Waals surface area contributed by atoms with Crippen LogP contribution in [0.1, 0.15) is 0 Å². The molecule has 0 aliphatic rings. The van der Waals surface area contributed by atoms with Gasteiger partial charge in [0.2, 0.25) is 0 Å². The first-order valence-corrected chi connectivity index (χ1v) is 7.22. The smallest absolute Gasteiger partial charge is 0.256 e. The molecule has 0 radical (unpaired) electrons. The van der Waals surface area contributed by atoms with Gasteiger partial charge in [0.15, 0.2) is 0 Å². The number of thiophene rings is 1. The van der Waals surface area contributed by atoms with Gasteiger partial charge in [0.1, 0.15) is 4.83 Å². The monoisotopic (exact) mass is 368 g/mol. The Morgan fingerprint density at radius 3 is 2.72 bits per heavy atom. The topological polar surface area (TPSA) is 48.0 Å². The lowest BCUT2D eigenvalue weighted by molar-refractivity contribution is 1.05. The first-order valence-electron chi connectivity index (χ1n) is 5.33. The van der Waals surface area contributed by atoms with Crippen LogP contribution in [0.25, 0.3) is 15.9 Å². The molecule has 0 saturated carbocycles. The van der Waals surface area contributed by atoms with E-state index in [-0.39, 0.29) is 5.56 Å². The summed E-state index contributed by atoms with van der Waals surface area (Å²) in [5.74, 6) is 0. The van der Waals surface area contributed by atoms with Gasteiger partial charge in [0.05, 0.1) is 10.7 Å². The van der Waals surface area contributed by atoms with E-state index < -0.39 is 0 Å². The lowest BCUT2D eigenvalue weighted by Crippen LogP contribution is -2.17. The van der Waals surface area contributed by atoms with Gasteiger partial charge < -0.3 is 5.73 Å². The highest BCUT2D eigenvalue weighted by atomic mass is 127. The van der Waals surface area contributed by atoms with Crippen molar-refractivity contribution in [3.05, 3.63) is 56.4 Å². The van der Waals surface area contributed by atoms with E-state index in [1.807, 2.05) is 36.4 Å². The molecule has 2 aromatic heterocycles. The standard InChI is InChI=1S/C13H9IN2OS/c14-9-3-1-2-4-10(9)16-12(17)6-5-8-7-11(15)18-13(8)16/h1-7H,15H2. The molecular formula is C13H9IN2OS. The number of anilines is 1. The van der Waals surface area contributed by atoms with Gasteiger partial charge in [-0.2, -0.15) is 0 Å². The second-order valence-electron chi connectivity index (χ2n) is 3.87. The number of nitrogens with two attached hydrogens (primary N) is 1. The molecule has 90 valence electrons. The van der Waals surface area contributed by atoms with Crippen molar-refractivity contribution < 1.29 is 0 Å². The number of benzene rings is 1. The first kappa shape index (κ1) is 11.7. The summed E-state index contributed by atoms with van der Waals surface area (Å²) in [6.07, 6.45) is 0. The second-order valence-corrected chi connectivity index (χ2v) is 6.09. The molecule has 2 N–H and O–H groups in total. The number of rotatable bonds is 1. The third-order valence-electron chi connectivity index (χ3n) is 2.68. The van der Waals surface area contributed by atoms with Gasteiger partial charge in [-0.25, -0.2) is 0 Å². The van der Waals surface area contributed by atoms with E-state index >= 15 is 0 Å². The van der Waals surface area contributed by atoms with Crippen LogP contribution in [0.2, 0.25) is 0 Å². The number of pyridine rings is 1. The van der Waals surface area contributed by atoms with Crippen molar-refractivity contribution >= 4 is 49.1 Å². The zero-order chi connectivity index (χ0) is 12.7. The lowest BCUT2D eigenvalue weighted by Gasteiger charge is -2.08. The van der Waals surface area contributed by atoms with Gasteiger partial charge in [-0.1, -0.05) is 23.5 Å². The van der Waals surface area contributed by atoms with Gasteiger partial charge in [-0.15, -0.1) is 0 Å². The first-order chi connectivity index (χ1) is 8.66. The van der Waals surface area contributed by atoms with Crippen molar-refractivity contribution in [2.75, 3.05) is 5.73 Å². The van der Waals surface area contributed by atoms with Crippen molar-refractivity contribution in [2.24, 2.45) is 0 Å². The van der Waals surface area contributed by atoms with Gasteiger partial charge in [-0.05, 0) is 46.9 Å². The molecule has 0 aliphatic carbocycles. The molecule has 2 heterocycles. The van der Waals surface area contributed by atoms with Gasteiger partial charge >= 0.3 is 0 Å². The molecule has 18 heavy (non-hydrogen) atoms. The Balaban J connectivity index is 2.45. The Hall–Kier alpha value is -1.34. The maximum absolute atomic E-state index is 12.1. The van der Waals surface area contributed by atoms with Crippen molar-refractivity contribution in [2.45, 2.75) is 0 Å². The van der Waals surface area contributed by atoms with Crippen molar-refractivity contribution in [3.8, 4) is 5.69 Å². The molecule has 3 aromatic rings. The number of halogens is 1. The van der Waals surface area contributed by atoms with Crippen molar-refractivity contribution in [1.29, 1.82) is 0 Å². The zero-order valence-corrected chi connectivity index (χ0v) is 12.2. The summed E-state index contributed by atoms with van der Waals surface area (Å²) in [4.78, 5) is 13.0. The molecule has 0 spiro atoms. The molecule has 0 atom stereocenters. The quantitative estimate of drug-likeness (QED) is 0.671. The summed E-state index contributed by atoms with van der Waals surface area (Å²) in [7, 11) is 0. The van der Waals surface area contributed by atoms with E-state index in [1.165, 1.54) is 11.3 Å². The average molecular weight is 368 g/mol. The molecule has 0 amide bonds. The van der Waals surface area contributed by atoms with Crippen LogP contribution in [0.5, 0.6) is 0 Å². The summed E-state index contributed by atoms with van der Waals surface area (Å²) in [6.45, 7) is 0. The van der Waals surface area contributed by atoms with E-state index in [1.54, 1.807) is 10.6 Å². The van der Waals surface area contributed by atoms with Crippen molar-refractivity contribution in [1.82, 2.24) is 4.57 Å². The maximum atomic E-state index is 12.1. The van der Waals surface area contributed by atoms with Crippen LogP contribution in [-0.2, 0) is 0 Å². The highest BCUT2D eigenvalue weighted by molar-refractivity contribution is 14.1. The maximum Gasteiger partial charge on any atom is 0.256 e. The number of nitrogen functional groups attached to an aromatic ring is 1.